The SMILES string of the molecule is C[C@@H](Sc1ccc(Cl)cc1)C(=O)NC(C)(C)CC(C)(C)C. The molecule has 0 aliphatic heterocycles. The van der Waals surface area contributed by atoms with Gasteiger partial charge in [0, 0.05) is 15.5 Å². The first-order chi connectivity index (χ1) is 9.48. The van der Waals surface area contributed by atoms with Gasteiger partial charge in [-0.3, -0.25) is 4.79 Å². The van der Waals surface area contributed by atoms with Gasteiger partial charge in [0.05, 0.1) is 5.25 Å². The first kappa shape index (κ1) is 18.4. The quantitative estimate of drug-likeness (QED) is 0.757. The minimum absolute atomic E-state index is 0.0733. The fourth-order valence-electron chi connectivity index (χ4n) is 2.58. The molecule has 0 saturated heterocycles. The molecule has 0 heterocycles. The van der Waals surface area contributed by atoms with E-state index in [0.717, 1.165) is 11.3 Å². The van der Waals surface area contributed by atoms with Crippen LogP contribution in [0.4, 0.5) is 0 Å². The van der Waals surface area contributed by atoms with Crippen molar-refractivity contribution in [1.29, 1.82) is 0 Å². The van der Waals surface area contributed by atoms with Gasteiger partial charge in [-0.2, -0.15) is 0 Å². The van der Waals surface area contributed by atoms with Crippen LogP contribution in [0.2, 0.25) is 5.02 Å². The molecule has 1 amide bonds. The summed E-state index contributed by atoms with van der Waals surface area (Å²) in [6.07, 6.45) is 0.935. The first-order valence-corrected chi connectivity index (χ1v) is 8.49. The van der Waals surface area contributed by atoms with Gasteiger partial charge in [0.15, 0.2) is 0 Å². The van der Waals surface area contributed by atoms with E-state index < -0.39 is 0 Å². The number of nitrogens with one attached hydrogen (secondary N) is 1. The van der Waals surface area contributed by atoms with Crippen LogP contribution >= 0.6 is 23.4 Å². The van der Waals surface area contributed by atoms with E-state index in [-0.39, 0.29) is 22.1 Å². The summed E-state index contributed by atoms with van der Waals surface area (Å²) in [5.74, 6) is 0.0733. The summed E-state index contributed by atoms with van der Waals surface area (Å²) >= 11 is 7.42. The average molecular weight is 328 g/mol. The molecule has 0 aliphatic carbocycles. The van der Waals surface area contributed by atoms with Gasteiger partial charge in [-0.05, 0) is 56.9 Å². The molecule has 118 valence electrons. The van der Waals surface area contributed by atoms with E-state index in [1.165, 1.54) is 0 Å². The number of hydrogen-bond donors (Lipinski definition) is 1. The normalized spacial score (nSPS) is 13.9. The molecule has 1 rings (SSSR count). The summed E-state index contributed by atoms with van der Waals surface area (Å²) in [7, 11) is 0. The van der Waals surface area contributed by atoms with Gasteiger partial charge in [0.25, 0.3) is 0 Å². The van der Waals surface area contributed by atoms with Crippen molar-refractivity contribution in [3.05, 3.63) is 29.3 Å². The lowest BCUT2D eigenvalue weighted by molar-refractivity contribution is -0.122. The van der Waals surface area contributed by atoms with E-state index in [1.54, 1.807) is 11.8 Å². The number of carbonyl (C=O) groups excluding carboxylic acids is 1. The third kappa shape index (κ3) is 7.23. The van der Waals surface area contributed by atoms with E-state index in [0.29, 0.717) is 5.02 Å². The minimum Gasteiger partial charge on any atom is -0.350 e. The van der Waals surface area contributed by atoms with E-state index in [9.17, 15) is 4.79 Å². The number of hydrogen-bond acceptors (Lipinski definition) is 2. The number of benzene rings is 1. The van der Waals surface area contributed by atoms with Crippen molar-refractivity contribution in [2.45, 2.75) is 63.6 Å². The van der Waals surface area contributed by atoms with Crippen molar-refractivity contribution in [1.82, 2.24) is 5.32 Å². The molecule has 0 unspecified atom stereocenters. The summed E-state index contributed by atoms with van der Waals surface area (Å²) in [6.45, 7) is 12.7. The molecule has 1 aromatic carbocycles. The zero-order valence-corrected chi connectivity index (χ0v) is 15.4. The third-order valence-corrected chi connectivity index (χ3v) is 4.29. The summed E-state index contributed by atoms with van der Waals surface area (Å²) in [4.78, 5) is 13.4. The van der Waals surface area contributed by atoms with Crippen molar-refractivity contribution in [3.63, 3.8) is 0 Å². The topological polar surface area (TPSA) is 29.1 Å². The van der Waals surface area contributed by atoms with Crippen molar-refractivity contribution >= 4 is 29.3 Å². The van der Waals surface area contributed by atoms with Crippen LogP contribution in [-0.4, -0.2) is 16.7 Å². The van der Waals surface area contributed by atoms with Crippen LogP contribution in [0, 0.1) is 5.41 Å². The van der Waals surface area contributed by atoms with Gasteiger partial charge < -0.3 is 5.32 Å². The van der Waals surface area contributed by atoms with E-state index in [2.05, 4.69) is 39.9 Å². The summed E-state index contributed by atoms with van der Waals surface area (Å²) in [6, 6.07) is 7.57. The molecule has 4 heteroatoms. The van der Waals surface area contributed by atoms with Crippen LogP contribution in [-0.2, 0) is 4.79 Å². The van der Waals surface area contributed by atoms with Gasteiger partial charge in [0.2, 0.25) is 5.91 Å². The fraction of sp³-hybridized carbons (Fsp3) is 0.588. The Morgan fingerprint density at radius 3 is 2.19 bits per heavy atom. The van der Waals surface area contributed by atoms with Crippen LogP contribution in [0.15, 0.2) is 29.2 Å². The molecule has 0 fully saturated rings. The molecule has 2 nitrogen and oxygen atoms in total. The van der Waals surface area contributed by atoms with Gasteiger partial charge in [-0.25, -0.2) is 0 Å². The number of halogens is 1. The number of carbonyl (C=O) groups is 1. The van der Waals surface area contributed by atoms with E-state index in [1.807, 2.05) is 31.2 Å². The molecule has 21 heavy (non-hydrogen) atoms. The predicted molar refractivity (Wildman–Crippen MR) is 93.1 cm³/mol. The Morgan fingerprint density at radius 1 is 1.19 bits per heavy atom. The van der Waals surface area contributed by atoms with Gasteiger partial charge >= 0.3 is 0 Å². The van der Waals surface area contributed by atoms with Crippen LogP contribution in [0.25, 0.3) is 0 Å². The molecule has 1 atom stereocenters. The Kier molecular flexibility index (Phi) is 6.18. The predicted octanol–water partition coefficient (Wildman–Crippen LogP) is 5.15. The van der Waals surface area contributed by atoms with Crippen LogP contribution in [0.3, 0.4) is 0 Å². The average Bonchev–Trinajstić information content (AvgIpc) is 2.28. The van der Waals surface area contributed by atoms with Gasteiger partial charge in [-0.15, -0.1) is 11.8 Å². The first-order valence-electron chi connectivity index (χ1n) is 7.23. The molecular weight excluding hydrogens is 302 g/mol. The lowest BCUT2D eigenvalue weighted by Gasteiger charge is -2.34. The van der Waals surface area contributed by atoms with E-state index in [4.69, 9.17) is 11.6 Å². The Balaban J connectivity index is 2.60. The molecule has 0 aromatic heterocycles. The third-order valence-electron chi connectivity index (χ3n) is 2.93. The van der Waals surface area contributed by atoms with Crippen molar-refractivity contribution in [2.24, 2.45) is 5.41 Å². The molecule has 1 N–H and O–H groups in total. The minimum atomic E-state index is -0.204. The smallest absolute Gasteiger partial charge is 0.233 e. The second kappa shape index (κ2) is 7.06. The maximum atomic E-state index is 12.4. The lowest BCUT2D eigenvalue weighted by atomic mass is 9.82. The molecule has 0 radical (unpaired) electrons. The van der Waals surface area contributed by atoms with Gasteiger partial charge in [-0.1, -0.05) is 32.4 Å². The van der Waals surface area contributed by atoms with Crippen molar-refractivity contribution in [3.8, 4) is 0 Å². The highest BCUT2D eigenvalue weighted by atomic mass is 35.5. The van der Waals surface area contributed by atoms with Crippen molar-refractivity contribution in [2.75, 3.05) is 0 Å². The zero-order valence-electron chi connectivity index (χ0n) is 13.8. The maximum absolute atomic E-state index is 12.4. The molecular formula is C17H26ClNOS. The Morgan fingerprint density at radius 2 is 1.71 bits per heavy atom. The highest BCUT2D eigenvalue weighted by Crippen LogP contribution is 2.28. The van der Waals surface area contributed by atoms with Gasteiger partial charge in [0.1, 0.15) is 0 Å². The fourth-order valence-corrected chi connectivity index (χ4v) is 3.57. The molecule has 1 aromatic rings. The number of rotatable bonds is 5. The number of amides is 1. The molecule has 0 saturated carbocycles. The Labute approximate surface area is 138 Å². The van der Waals surface area contributed by atoms with E-state index >= 15 is 0 Å². The van der Waals surface area contributed by atoms with Crippen LogP contribution in [0.1, 0.15) is 48.0 Å². The lowest BCUT2D eigenvalue weighted by Crippen LogP contribution is -2.48. The highest BCUT2D eigenvalue weighted by Gasteiger charge is 2.28. The largest absolute Gasteiger partial charge is 0.350 e. The summed E-state index contributed by atoms with van der Waals surface area (Å²) in [5, 5.41) is 3.74. The van der Waals surface area contributed by atoms with Crippen LogP contribution < -0.4 is 5.32 Å². The second-order valence-electron chi connectivity index (χ2n) is 7.32. The summed E-state index contributed by atoms with van der Waals surface area (Å²) in [5.41, 5.74) is -0.0203. The summed E-state index contributed by atoms with van der Waals surface area (Å²) < 4.78 is 0. The second-order valence-corrected chi connectivity index (χ2v) is 9.18. The molecule has 0 aliphatic rings. The monoisotopic (exact) mass is 327 g/mol. The zero-order chi connectivity index (χ0) is 16.3. The standard InChI is InChI=1S/C17H26ClNOS/c1-12(21-14-9-7-13(18)8-10-14)15(20)19-17(5,6)11-16(2,3)4/h7-10,12H,11H2,1-6H3,(H,19,20)/t12-/m1/s1. The molecule has 0 spiro atoms. The van der Waals surface area contributed by atoms with Crippen molar-refractivity contribution < 1.29 is 4.79 Å². The maximum Gasteiger partial charge on any atom is 0.233 e. The highest BCUT2D eigenvalue weighted by molar-refractivity contribution is 8.00. The molecule has 0 bridgehead atoms. The Hall–Kier alpha value is -0.670. The van der Waals surface area contributed by atoms with Crippen LogP contribution in [0.5, 0.6) is 0 Å². The number of thioether (sulfide) groups is 1. The Bertz CT molecular complexity index is 477.